The molecule has 0 saturated carbocycles. The SMILES string of the molecule is CC(CN)C(=O)N1CCCc2cc(CN)ccc21. The molecule has 1 aliphatic rings. The summed E-state index contributed by atoms with van der Waals surface area (Å²) in [7, 11) is 0. The fraction of sp³-hybridized carbons (Fsp3) is 0.500. The Morgan fingerprint density at radius 3 is 2.89 bits per heavy atom. The van der Waals surface area contributed by atoms with Gasteiger partial charge in [-0.3, -0.25) is 4.79 Å². The van der Waals surface area contributed by atoms with Gasteiger partial charge in [-0.2, -0.15) is 0 Å². The molecule has 0 spiro atoms. The first kappa shape index (κ1) is 13.1. The summed E-state index contributed by atoms with van der Waals surface area (Å²) in [6, 6.07) is 6.12. The lowest BCUT2D eigenvalue weighted by molar-refractivity contribution is -0.121. The Bertz CT molecular complexity index is 445. The second kappa shape index (κ2) is 5.50. The van der Waals surface area contributed by atoms with Gasteiger partial charge in [-0.05, 0) is 30.0 Å². The van der Waals surface area contributed by atoms with E-state index in [1.165, 1.54) is 5.56 Å². The van der Waals surface area contributed by atoms with E-state index in [4.69, 9.17) is 11.5 Å². The predicted octanol–water partition coefficient (Wildman–Crippen LogP) is 1.02. The third kappa shape index (κ3) is 2.40. The minimum Gasteiger partial charge on any atom is -0.330 e. The fourth-order valence-corrected chi connectivity index (χ4v) is 2.37. The number of fused-ring (bicyclic) bond motifs is 1. The Balaban J connectivity index is 2.30. The van der Waals surface area contributed by atoms with Crippen molar-refractivity contribution in [1.82, 2.24) is 0 Å². The maximum absolute atomic E-state index is 12.3. The Kier molecular flexibility index (Phi) is 3.99. The molecule has 1 atom stereocenters. The van der Waals surface area contributed by atoms with E-state index < -0.39 is 0 Å². The first-order chi connectivity index (χ1) is 8.67. The molecule has 0 radical (unpaired) electrons. The average molecular weight is 247 g/mol. The molecule has 0 bridgehead atoms. The highest BCUT2D eigenvalue weighted by molar-refractivity contribution is 5.96. The molecular weight excluding hydrogens is 226 g/mol. The zero-order valence-electron chi connectivity index (χ0n) is 10.9. The number of anilines is 1. The van der Waals surface area contributed by atoms with Crippen LogP contribution in [0.1, 0.15) is 24.5 Å². The highest BCUT2D eigenvalue weighted by Gasteiger charge is 2.25. The molecule has 4 heteroatoms. The van der Waals surface area contributed by atoms with Crippen molar-refractivity contribution in [3.05, 3.63) is 29.3 Å². The van der Waals surface area contributed by atoms with Gasteiger partial charge in [-0.15, -0.1) is 0 Å². The van der Waals surface area contributed by atoms with E-state index in [1.807, 2.05) is 24.0 Å². The van der Waals surface area contributed by atoms with E-state index in [1.54, 1.807) is 0 Å². The van der Waals surface area contributed by atoms with Crippen molar-refractivity contribution >= 4 is 11.6 Å². The largest absolute Gasteiger partial charge is 0.330 e. The van der Waals surface area contributed by atoms with Gasteiger partial charge in [0.25, 0.3) is 0 Å². The second-order valence-electron chi connectivity index (χ2n) is 4.90. The summed E-state index contributed by atoms with van der Waals surface area (Å²) in [5.41, 5.74) is 14.6. The van der Waals surface area contributed by atoms with Crippen LogP contribution in [0.5, 0.6) is 0 Å². The van der Waals surface area contributed by atoms with Crippen LogP contribution in [-0.2, 0) is 17.8 Å². The average Bonchev–Trinajstić information content (AvgIpc) is 2.44. The molecule has 0 aliphatic carbocycles. The number of rotatable bonds is 3. The van der Waals surface area contributed by atoms with Gasteiger partial charge >= 0.3 is 0 Å². The molecule has 1 amide bonds. The van der Waals surface area contributed by atoms with E-state index in [0.717, 1.165) is 30.6 Å². The third-order valence-corrected chi connectivity index (χ3v) is 3.54. The second-order valence-corrected chi connectivity index (χ2v) is 4.90. The van der Waals surface area contributed by atoms with Crippen LogP contribution in [0.25, 0.3) is 0 Å². The summed E-state index contributed by atoms with van der Waals surface area (Å²) in [4.78, 5) is 14.1. The van der Waals surface area contributed by atoms with Crippen molar-refractivity contribution in [1.29, 1.82) is 0 Å². The first-order valence-corrected chi connectivity index (χ1v) is 6.50. The van der Waals surface area contributed by atoms with Gasteiger partial charge < -0.3 is 16.4 Å². The quantitative estimate of drug-likeness (QED) is 0.837. The minimum absolute atomic E-state index is 0.120. The zero-order valence-corrected chi connectivity index (χ0v) is 10.9. The Morgan fingerprint density at radius 1 is 1.44 bits per heavy atom. The lowest BCUT2D eigenvalue weighted by Gasteiger charge is -2.31. The Hall–Kier alpha value is -1.39. The summed E-state index contributed by atoms with van der Waals surface area (Å²) in [6.07, 6.45) is 2.02. The van der Waals surface area contributed by atoms with Gasteiger partial charge in [0.05, 0.1) is 0 Å². The van der Waals surface area contributed by atoms with Crippen LogP contribution in [0.2, 0.25) is 0 Å². The summed E-state index contributed by atoms with van der Waals surface area (Å²) in [5, 5.41) is 0. The van der Waals surface area contributed by atoms with Crippen LogP contribution in [0.3, 0.4) is 0 Å². The van der Waals surface area contributed by atoms with Crippen LogP contribution in [0, 0.1) is 5.92 Å². The molecule has 0 saturated heterocycles. The maximum Gasteiger partial charge on any atom is 0.231 e. The van der Waals surface area contributed by atoms with Gasteiger partial charge in [-0.25, -0.2) is 0 Å². The molecule has 4 N–H and O–H groups in total. The number of carbonyl (C=O) groups is 1. The van der Waals surface area contributed by atoms with E-state index in [-0.39, 0.29) is 11.8 Å². The number of benzene rings is 1. The maximum atomic E-state index is 12.3. The molecule has 18 heavy (non-hydrogen) atoms. The smallest absolute Gasteiger partial charge is 0.231 e. The highest BCUT2D eigenvalue weighted by atomic mass is 16.2. The number of carbonyl (C=O) groups excluding carboxylic acids is 1. The normalized spacial score (nSPS) is 16.3. The standard InChI is InChI=1S/C14H21N3O/c1-10(8-15)14(18)17-6-2-3-12-7-11(9-16)4-5-13(12)17/h4-5,7,10H,2-3,6,8-9,15-16H2,1H3. The van der Waals surface area contributed by atoms with Crippen LogP contribution in [-0.4, -0.2) is 19.0 Å². The van der Waals surface area contributed by atoms with Gasteiger partial charge in [0.2, 0.25) is 5.91 Å². The first-order valence-electron chi connectivity index (χ1n) is 6.50. The molecule has 1 aromatic carbocycles. The van der Waals surface area contributed by atoms with Crippen molar-refractivity contribution in [2.75, 3.05) is 18.0 Å². The van der Waals surface area contributed by atoms with Crippen LogP contribution in [0.4, 0.5) is 5.69 Å². The number of aryl methyl sites for hydroxylation is 1. The fourth-order valence-electron chi connectivity index (χ4n) is 2.37. The van der Waals surface area contributed by atoms with Crippen molar-refractivity contribution in [3.8, 4) is 0 Å². The van der Waals surface area contributed by atoms with Crippen molar-refractivity contribution in [3.63, 3.8) is 0 Å². The molecule has 1 aromatic rings. The van der Waals surface area contributed by atoms with Gasteiger partial charge in [0.1, 0.15) is 0 Å². The van der Waals surface area contributed by atoms with Crippen LogP contribution >= 0.6 is 0 Å². The molecular formula is C14H21N3O. The van der Waals surface area contributed by atoms with Crippen LogP contribution in [0.15, 0.2) is 18.2 Å². The molecule has 0 aromatic heterocycles. The monoisotopic (exact) mass is 247 g/mol. The summed E-state index contributed by atoms with van der Waals surface area (Å²) >= 11 is 0. The Labute approximate surface area is 108 Å². The van der Waals surface area contributed by atoms with Crippen LogP contribution < -0.4 is 16.4 Å². The van der Waals surface area contributed by atoms with E-state index >= 15 is 0 Å². The lowest BCUT2D eigenvalue weighted by atomic mass is 9.97. The number of hydrogen-bond donors (Lipinski definition) is 2. The Morgan fingerprint density at radius 2 is 2.22 bits per heavy atom. The van der Waals surface area contributed by atoms with Crippen molar-refractivity contribution in [2.45, 2.75) is 26.3 Å². The summed E-state index contributed by atoms with van der Waals surface area (Å²) in [5.74, 6) is 0.00378. The topological polar surface area (TPSA) is 72.4 Å². The van der Waals surface area contributed by atoms with Crippen molar-refractivity contribution in [2.24, 2.45) is 17.4 Å². The highest BCUT2D eigenvalue weighted by Crippen LogP contribution is 2.29. The molecule has 1 aliphatic heterocycles. The number of amides is 1. The number of hydrogen-bond acceptors (Lipinski definition) is 3. The summed E-state index contributed by atoms with van der Waals surface area (Å²) in [6.45, 7) is 3.61. The van der Waals surface area contributed by atoms with E-state index in [0.29, 0.717) is 13.1 Å². The molecule has 1 heterocycles. The third-order valence-electron chi connectivity index (χ3n) is 3.54. The van der Waals surface area contributed by atoms with E-state index in [9.17, 15) is 4.79 Å². The van der Waals surface area contributed by atoms with E-state index in [2.05, 4.69) is 6.07 Å². The molecule has 4 nitrogen and oxygen atoms in total. The summed E-state index contributed by atoms with van der Waals surface area (Å²) < 4.78 is 0. The minimum atomic E-state index is -0.120. The van der Waals surface area contributed by atoms with Crippen molar-refractivity contribution < 1.29 is 4.79 Å². The molecule has 0 fully saturated rings. The molecule has 98 valence electrons. The zero-order chi connectivity index (χ0) is 13.1. The molecule has 1 unspecified atom stereocenters. The molecule has 2 rings (SSSR count). The van der Waals surface area contributed by atoms with Gasteiger partial charge in [-0.1, -0.05) is 19.1 Å². The van der Waals surface area contributed by atoms with Gasteiger partial charge in [0.15, 0.2) is 0 Å². The number of nitrogens with zero attached hydrogens (tertiary/aromatic N) is 1. The van der Waals surface area contributed by atoms with Gasteiger partial charge in [0, 0.05) is 31.2 Å². The number of nitrogens with two attached hydrogens (primary N) is 2. The predicted molar refractivity (Wildman–Crippen MR) is 73.2 cm³/mol. The lowest BCUT2D eigenvalue weighted by Crippen LogP contribution is -2.41.